The molecule has 0 aliphatic carbocycles. The van der Waals surface area contributed by atoms with Gasteiger partial charge in [0.2, 0.25) is 5.95 Å². The van der Waals surface area contributed by atoms with E-state index in [2.05, 4.69) is 39.3 Å². The van der Waals surface area contributed by atoms with Crippen molar-refractivity contribution in [3.05, 3.63) is 11.8 Å². The maximum atomic E-state index is 5.38. The molecule has 0 bridgehead atoms. The van der Waals surface area contributed by atoms with Crippen LogP contribution in [-0.2, 0) is 0 Å². The Morgan fingerprint density at radius 1 is 1.33 bits per heavy atom. The molecule has 1 aliphatic heterocycles. The van der Waals surface area contributed by atoms with Crippen LogP contribution in [0, 0.1) is 6.92 Å². The highest BCUT2D eigenvalue weighted by Gasteiger charge is 2.21. The second-order valence-corrected chi connectivity index (χ2v) is 5.02. The van der Waals surface area contributed by atoms with Crippen molar-refractivity contribution in [1.29, 1.82) is 0 Å². The summed E-state index contributed by atoms with van der Waals surface area (Å²) in [6, 6.07) is 2.69. The van der Waals surface area contributed by atoms with Crippen molar-refractivity contribution in [2.75, 3.05) is 37.5 Å². The lowest BCUT2D eigenvalue weighted by Gasteiger charge is -2.35. The van der Waals surface area contributed by atoms with Gasteiger partial charge in [0.25, 0.3) is 0 Å². The highest BCUT2D eigenvalue weighted by atomic mass is 15.3. The first-order chi connectivity index (χ1) is 8.60. The Hall–Kier alpha value is -1.40. The van der Waals surface area contributed by atoms with Crippen molar-refractivity contribution in [1.82, 2.24) is 14.9 Å². The maximum Gasteiger partial charge on any atom is 0.239 e. The zero-order chi connectivity index (χ0) is 13.1. The monoisotopic (exact) mass is 250 g/mol. The summed E-state index contributed by atoms with van der Waals surface area (Å²) in [6.45, 7) is 4.02. The van der Waals surface area contributed by atoms with Crippen molar-refractivity contribution in [2.45, 2.75) is 25.8 Å². The first kappa shape index (κ1) is 13.0. The smallest absolute Gasteiger partial charge is 0.239 e. The van der Waals surface area contributed by atoms with Gasteiger partial charge in [-0.1, -0.05) is 0 Å². The summed E-state index contributed by atoms with van der Waals surface area (Å²) >= 11 is 0. The molecule has 0 radical (unpaired) electrons. The van der Waals surface area contributed by atoms with Crippen LogP contribution >= 0.6 is 0 Å². The number of nitrogens with zero attached hydrogens (tertiary/aromatic N) is 4. The summed E-state index contributed by atoms with van der Waals surface area (Å²) in [7, 11) is 4.29. The van der Waals surface area contributed by atoms with Gasteiger partial charge in [0, 0.05) is 30.9 Å². The number of nitrogens with one attached hydrogen (secondary N) is 1. The largest absolute Gasteiger partial charge is 0.356 e. The fourth-order valence-corrected chi connectivity index (χ4v) is 2.39. The Morgan fingerprint density at radius 2 is 2.00 bits per heavy atom. The van der Waals surface area contributed by atoms with E-state index >= 15 is 0 Å². The third-order valence-corrected chi connectivity index (χ3v) is 3.49. The highest BCUT2D eigenvalue weighted by Crippen LogP contribution is 2.21. The van der Waals surface area contributed by atoms with Crippen LogP contribution in [-0.4, -0.2) is 48.1 Å². The van der Waals surface area contributed by atoms with Gasteiger partial charge in [-0.25, -0.2) is 10.8 Å². The predicted octanol–water partition coefficient (Wildman–Crippen LogP) is 0.601. The fraction of sp³-hybridized carbons (Fsp3) is 0.667. The van der Waals surface area contributed by atoms with E-state index in [1.165, 1.54) is 12.8 Å². The number of hydrogen-bond acceptors (Lipinski definition) is 6. The van der Waals surface area contributed by atoms with Crippen LogP contribution < -0.4 is 16.2 Å². The second kappa shape index (κ2) is 5.49. The van der Waals surface area contributed by atoms with E-state index in [0.29, 0.717) is 12.0 Å². The lowest BCUT2D eigenvalue weighted by atomic mass is 10.0. The fourth-order valence-electron chi connectivity index (χ4n) is 2.39. The van der Waals surface area contributed by atoms with Crippen molar-refractivity contribution < 1.29 is 0 Å². The van der Waals surface area contributed by atoms with Gasteiger partial charge >= 0.3 is 0 Å². The number of hydrazine groups is 1. The SMILES string of the molecule is Cc1cc(N2CCC(N(C)C)CC2)nc(NN)n1. The minimum atomic E-state index is 0.486. The van der Waals surface area contributed by atoms with Gasteiger partial charge < -0.3 is 9.80 Å². The Balaban J connectivity index is 2.07. The molecule has 100 valence electrons. The molecule has 6 heteroatoms. The molecule has 18 heavy (non-hydrogen) atoms. The first-order valence-electron chi connectivity index (χ1n) is 6.34. The number of aryl methyl sites for hydroxylation is 1. The van der Waals surface area contributed by atoms with Crippen molar-refractivity contribution in [3.8, 4) is 0 Å². The molecule has 1 fully saturated rings. The number of anilines is 2. The Bertz CT molecular complexity index is 398. The minimum Gasteiger partial charge on any atom is -0.356 e. The molecule has 1 aliphatic rings. The van der Waals surface area contributed by atoms with E-state index in [-0.39, 0.29) is 0 Å². The summed E-state index contributed by atoms with van der Waals surface area (Å²) in [5.41, 5.74) is 3.45. The highest BCUT2D eigenvalue weighted by molar-refractivity contribution is 5.44. The van der Waals surface area contributed by atoms with Crippen LogP contribution in [0.2, 0.25) is 0 Å². The molecule has 2 rings (SSSR count). The molecule has 0 atom stereocenters. The molecule has 0 spiro atoms. The Kier molecular flexibility index (Phi) is 3.98. The third-order valence-electron chi connectivity index (χ3n) is 3.49. The molecule has 1 saturated heterocycles. The third kappa shape index (κ3) is 2.88. The zero-order valence-electron chi connectivity index (χ0n) is 11.3. The maximum absolute atomic E-state index is 5.38. The number of nitrogens with two attached hydrogens (primary N) is 1. The molecular formula is C12H22N6. The van der Waals surface area contributed by atoms with Gasteiger partial charge in [0.1, 0.15) is 5.82 Å². The summed E-state index contributed by atoms with van der Waals surface area (Å²) in [5.74, 6) is 6.83. The van der Waals surface area contributed by atoms with Crippen molar-refractivity contribution in [2.24, 2.45) is 5.84 Å². The molecule has 3 N–H and O–H groups in total. The van der Waals surface area contributed by atoms with Crippen molar-refractivity contribution in [3.63, 3.8) is 0 Å². The number of nitrogen functional groups attached to an aromatic ring is 1. The molecule has 0 unspecified atom stereocenters. The van der Waals surface area contributed by atoms with E-state index in [1.54, 1.807) is 0 Å². The molecule has 0 saturated carbocycles. The molecule has 0 amide bonds. The molecule has 1 aromatic rings. The van der Waals surface area contributed by atoms with E-state index in [9.17, 15) is 0 Å². The summed E-state index contributed by atoms with van der Waals surface area (Å²) in [4.78, 5) is 13.2. The quantitative estimate of drug-likeness (QED) is 0.605. The standard InChI is InChI=1S/C12H22N6/c1-9-8-11(15-12(14-9)16-13)18-6-4-10(5-7-18)17(2)3/h8,10H,4-7,13H2,1-3H3,(H,14,15,16). The van der Waals surface area contributed by atoms with Gasteiger partial charge in [-0.05, 0) is 33.9 Å². The van der Waals surface area contributed by atoms with Crippen LogP contribution in [0.5, 0.6) is 0 Å². The molecule has 0 aromatic carbocycles. The van der Waals surface area contributed by atoms with E-state index in [0.717, 1.165) is 24.6 Å². The molecule has 1 aromatic heterocycles. The normalized spacial score (nSPS) is 17.3. The number of aromatic nitrogens is 2. The molecule has 6 nitrogen and oxygen atoms in total. The lowest BCUT2D eigenvalue weighted by Crippen LogP contribution is -2.42. The van der Waals surface area contributed by atoms with Crippen molar-refractivity contribution >= 4 is 11.8 Å². The predicted molar refractivity (Wildman–Crippen MR) is 73.5 cm³/mol. The van der Waals surface area contributed by atoms with E-state index in [4.69, 9.17) is 5.84 Å². The van der Waals surface area contributed by atoms with Gasteiger partial charge in [-0.15, -0.1) is 0 Å². The average molecular weight is 250 g/mol. The van der Waals surface area contributed by atoms with Gasteiger partial charge in [0.15, 0.2) is 0 Å². The number of piperidine rings is 1. The number of hydrogen-bond donors (Lipinski definition) is 2. The average Bonchev–Trinajstić information content (AvgIpc) is 2.38. The van der Waals surface area contributed by atoms with Crippen LogP contribution in [0.15, 0.2) is 6.07 Å². The minimum absolute atomic E-state index is 0.486. The van der Waals surface area contributed by atoms with E-state index in [1.807, 2.05) is 13.0 Å². The Morgan fingerprint density at radius 3 is 2.56 bits per heavy atom. The van der Waals surface area contributed by atoms with Gasteiger partial charge in [-0.3, -0.25) is 5.43 Å². The second-order valence-electron chi connectivity index (χ2n) is 5.02. The van der Waals surface area contributed by atoms with Crippen LogP contribution in [0.1, 0.15) is 18.5 Å². The van der Waals surface area contributed by atoms with E-state index < -0.39 is 0 Å². The lowest BCUT2D eigenvalue weighted by molar-refractivity contribution is 0.249. The molecular weight excluding hydrogens is 228 g/mol. The summed E-state index contributed by atoms with van der Waals surface area (Å²) in [5, 5.41) is 0. The summed E-state index contributed by atoms with van der Waals surface area (Å²) < 4.78 is 0. The van der Waals surface area contributed by atoms with Gasteiger partial charge in [0.05, 0.1) is 0 Å². The van der Waals surface area contributed by atoms with Crippen LogP contribution in [0.25, 0.3) is 0 Å². The molecule has 2 heterocycles. The van der Waals surface area contributed by atoms with Crippen LogP contribution in [0.4, 0.5) is 11.8 Å². The number of rotatable bonds is 3. The first-order valence-corrected chi connectivity index (χ1v) is 6.34. The topological polar surface area (TPSA) is 70.3 Å². The Labute approximate surface area is 108 Å². The van der Waals surface area contributed by atoms with Crippen LogP contribution in [0.3, 0.4) is 0 Å². The van der Waals surface area contributed by atoms with Gasteiger partial charge in [-0.2, -0.15) is 4.98 Å². The summed E-state index contributed by atoms with van der Waals surface area (Å²) in [6.07, 6.45) is 2.34. The zero-order valence-corrected chi connectivity index (χ0v) is 11.3.